The van der Waals surface area contributed by atoms with Gasteiger partial charge in [0.15, 0.2) is 5.82 Å². The number of nitrogens with zero attached hydrogens (tertiary/aromatic N) is 4. The first-order chi connectivity index (χ1) is 11.1. The molecule has 1 aliphatic heterocycles. The number of nitrogens with one attached hydrogen (secondary N) is 1. The summed E-state index contributed by atoms with van der Waals surface area (Å²) in [7, 11) is 0. The molecule has 4 rings (SSSR count). The van der Waals surface area contributed by atoms with Crippen LogP contribution in [0.1, 0.15) is 47.2 Å². The van der Waals surface area contributed by atoms with Crippen LogP contribution in [0.5, 0.6) is 0 Å². The number of benzene rings is 1. The lowest BCUT2D eigenvalue weighted by atomic mass is 9.93. The highest BCUT2D eigenvalue weighted by Crippen LogP contribution is 2.47. The van der Waals surface area contributed by atoms with Crippen molar-refractivity contribution in [2.45, 2.75) is 38.5 Å². The first-order valence-electron chi connectivity index (χ1n) is 8.22. The van der Waals surface area contributed by atoms with Gasteiger partial charge in [0, 0.05) is 30.8 Å². The molecule has 1 saturated carbocycles. The van der Waals surface area contributed by atoms with Gasteiger partial charge in [0.05, 0.1) is 0 Å². The summed E-state index contributed by atoms with van der Waals surface area (Å²) in [5, 5.41) is 14.0. The molecule has 2 aliphatic rings. The largest absolute Gasteiger partial charge is 0.342 e. The predicted octanol–water partition coefficient (Wildman–Crippen LogP) is 1.94. The van der Waals surface area contributed by atoms with Crippen molar-refractivity contribution in [1.29, 1.82) is 0 Å². The summed E-state index contributed by atoms with van der Waals surface area (Å²) in [6, 6.07) is 6.62. The van der Waals surface area contributed by atoms with Gasteiger partial charge in [-0.05, 0) is 37.8 Å². The second-order valence-electron chi connectivity index (χ2n) is 6.85. The Hall–Kier alpha value is -2.24. The molecule has 0 spiro atoms. The third-order valence-corrected chi connectivity index (χ3v) is 5.17. The van der Waals surface area contributed by atoms with E-state index >= 15 is 0 Å². The summed E-state index contributed by atoms with van der Waals surface area (Å²) in [6.07, 6.45) is 1.90. The van der Waals surface area contributed by atoms with E-state index < -0.39 is 0 Å². The maximum absolute atomic E-state index is 12.7. The molecule has 0 radical (unpaired) electrons. The number of likely N-dealkylation sites (tertiary alicyclic amines) is 1. The number of hydrogen-bond acceptors (Lipinski definition) is 4. The van der Waals surface area contributed by atoms with Crippen LogP contribution in [0.4, 0.5) is 0 Å². The van der Waals surface area contributed by atoms with E-state index in [4.69, 9.17) is 0 Å². The summed E-state index contributed by atoms with van der Waals surface area (Å²) >= 11 is 0. The van der Waals surface area contributed by atoms with Crippen LogP contribution >= 0.6 is 0 Å². The van der Waals surface area contributed by atoms with E-state index in [2.05, 4.69) is 52.7 Å². The number of rotatable bonds is 3. The minimum Gasteiger partial charge on any atom is -0.342 e. The Morgan fingerprint density at radius 3 is 2.96 bits per heavy atom. The molecule has 1 amide bonds. The molecule has 1 unspecified atom stereocenters. The van der Waals surface area contributed by atoms with Gasteiger partial charge in [-0.15, -0.1) is 10.2 Å². The molecule has 120 valence electrons. The number of hydrogen-bond donors (Lipinski definition) is 1. The fourth-order valence-corrected chi connectivity index (χ4v) is 3.81. The Kier molecular flexibility index (Phi) is 3.39. The molecular formula is C17H21N5O. The third-order valence-electron chi connectivity index (χ3n) is 5.17. The lowest BCUT2D eigenvalue weighted by Gasteiger charge is -2.18. The minimum atomic E-state index is 0.0467. The van der Waals surface area contributed by atoms with Gasteiger partial charge in [0.25, 0.3) is 0 Å². The lowest BCUT2D eigenvalue weighted by Crippen LogP contribution is -2.30. The number of aromatic amines is 1. The topological polar surface area (TPSA) is 74.8 Å². The zero-order valence-corrected chi connectivity index (χ0v) is 13.5. The van der Waals surface area contributed by atoms with E-state index in [0.29, 0.717) is 11.7 Å². The van der Waals surface area contributed by atoms with Crippen molar-refractivity contribution in [3.05, 3.63) is 40.7 Å². The van der Waals surface area contributed by atoms with Gasteiger partial charge in [-0.2, -0.15) is 5.21 Å². The molecule has 1 saturated heterocycles. The van der Waals surface area contributed by atoms with Crippen LogP contribution in [-0.2, 0) is 4.79 Å². The second-order valence-corrected chi connectivity index (χ2v) is 6.85. The van der Waals surface area contributed by atoms with Crippen LogP contribution in [0.15, 0.2) is 18.2 Å². The quantitative estimate of drug-likeness (QED) is 0.940. The molecule has 3 atom stereocenters. The number of carbonyl (C=O) groups excluding carboxylic acids is 1. The van der Waals surface area contributed by atoms with Crippen LogP contribution in [0, 0.1) is 19.8 Å². The Balaban J connectivity index is 1.42. The Morgan fingerprint density at radius 2 is 2.22 bits per heavy atom. The lowest BCUT2D eigenvalue weighted by molar-refractivity contribution is -0.131. The summed E-state index contributed by atoms with van der Waals surface area (Å²) in [6.45, 7) is 5.97. The summed E-state index contributed by atoms with van der Waals surface area (Å²) in [5.41, 5.74) is 4.01. The standard InChI is InChI=1S/C17H21N5O/c1-10-3-4-13(11(2)7-10)12-5-6-22(9-12)17(23)15-8-14(15)16-18-20-21-19-16/h3-4,7,12,14-15H,5-6,8-9H2,1-2H3,(H,18,19,20,21)/t12?,14-,15-/m1/s1. The molecule has 1 aliphatic carbocycles. The van der Waals surface area contributed by atoms with Crippen molar-refractivity contribution in [3.63, 3.8) is 0 Å². The van der Waals surface area contributed by atoms with Crippen molar-refractivity contribution >= 4 is 5.91 Å². The van der Waals surface area contributed by atoms with Crippen molar-refractivity contribution in [1.82, 2.24) is 25.5 Å². The van der Waals surface area contributed by atoms with Gasteiger partial charge < -0.3 is 4.90 Å². The molecule has 1 aromatic heterocycles. The fourth-order valence-electron chi connectivity index (χ4n) is 3.81. The first kappa shape index (κ1) is 14.4. The monoisotopic (exact) mass is 311 g/mol. The van der Waals surface area contributed by atoms with Crippen LogP contribution in [0.3, 0.4) is 0 Å². The molecule has 0 bridgehead atoms. The summed E-state index contributed by atoms with van der Waals surface area (Å²) in [5.74, 6) is 1.59. The van der Waals surface area contributed by atoms with E-state index in [0.717, 1.165) is 25.9 Å². The third kappa shape index (κ3) is 2.62. The summed E-state index contributed by atoms with van der Waals surface area (Å²) in [4.78, 5) is 14.7. The van der Waals surface area contributed by atoms with Gasteiger partial charge in [-0.1, -0.05) is 29.0 Å². The van der Waals surface area contributed by atoms with Gasteiger partial charge in [-0.25, -0.2) is 0 Å². The first-order valence-corrected chi connectivity index (χ1v) is 8.22. The fraction of sp³-hybridized carbons (Fsp3) is 0.529. The summed E-state index contributed by atoms with van der Waals surface area (Å²) < 4.78 is 0. The van der Waals surface area contributed by atoms with E-state index in [-0.39, 0.29) is 17.7 Å². The molecule has 6 nitrogen and oxygen atoms in total. The highest BCUT2D eigenvalue weighted by molar-refractivity contribution is 5.83. The number of aromatic nitrogens is 4. The Bertz CT molecular complexity index is 727. The normalized spacial score (nSPS) is 26.5. The molecule has 6 heteroatoms. The van der Waals surface area contributed by atoms with Crippen molar-refractivity contribution in [2.24, 2.45) is 5.92 Å². The number of aryl methyl sites for hydroxylation is 2. The van der Waals surface area contributed by atoms with Crippen molar-refractivity contribution in [3.8, 4) is 0 Å². The molecular weight excluding hydrogens is 290 g/mol. The van der Waals surface area contributed by atoms with E-state index in [9.17, 15) is 4.79 Å². The average Bonchev–Trinajstić information content (AvgIpc) is 2.96. The maximum Gasteiger partial charge on any atom is 0.226 e. The minimum absolute atomic E-state index is 0.0467. The van der Waals surface area contributed by atoms with Crippen LogP contribution in [0.25, 0.3) is 0 Å². The van der Waals surface area contributed by atoms with Gasteiger partial charge in [0.2, 0.25) is 5.91 Å². The Morgan fingerprint density at radius 1 is 1.35 bits per heavy atom. The van der Waals surface area contributed by atoms with Gasteiger partial charge in [0.1, 0.15) is 0 Å². The molecule has 2 heterocycles. The number of tetrazole rings is 1. The zero-order valence-electron chi connectivity index (χ0n) is 13.5. The predicted molar refractivity (Wildman–Crippen MR) is 84.9 cm³/mol. The van der Waals surface area contributed by atoms with Crippen LogP contribution in [-0.4, -0.2) is 44.5 Å². The number of carbonyl (C=O) groups is 1. The van der Waals surface area contributed by atoms with E-state index in [1.54, 1.807) is 0 Å². The number of H-pyrrole nitrogens is 1. The molecule has 2 aromatic rings. The number of amides is 1. The highest BCUT2D eigenvalue weighted by Gasteiger charge is 2.49. The molecule has 1 N–H and O–H groups in total. The SMILES string of the molecule is Cc1ccc(C2CCN(C(=O)[C@@H]3C[C@H]3c3nn[nH]n3)C2)c(C)c1. The average molecular weight is 311 g/mol. The molecule has 23 heavy (non-hydrogen) atoms. The maximum atomic E-state index is 12.7. The zero-order chi connectivity index (χ0) is 16.0. The molecule has 2 fully saturated rings. The van der Waals surface area contributed by atoms with E-state index in [1.165, 1.54) is 16.7 Å². The van der Waals surface area contributed by atoms with Crippen molar-refractivity contribution < 1.29 is 4.79 Å². The van der Waals surface area contributed by atoms with Crippen LogP contribution < -0.4 is 0 Å². The molecule has 1 aromatic carbocycles. The van der Waals surface area contributed by atoms with E-state index in [1.807, 2.05) is 4.90 Å². The second kappa shape index (κ2) is 5.44. The van der Waals surface area contributed by atoms with Gasteiger partial charge in [-0.3, -0.25) is 4.79 Å². The highest BCUT2D eigenvalue weighted by atomic mass is 16.2. The Labute approximate surface area is 135 Å². The van der Waals surface area contributed by atoms with Crippen LogP contribution in [0.2, 0.25) is 0 Å². The smallest absolute Gasteiger partial charge is 0.226 e. The van der Waals surface area contributed by atoms with Crippen molar-refractivity contribution in [2.75, 3.05) is 13.1 Å². The van der Waals surface area contributed by atoms with Gasteiger partial charge >= 0.3 is 0 Å².